The molecule has 0 unspecified atom stereocenters. The molecule has 1 aliphatic heterocycles. The maximum absolute atomic E-state index is 10.6. The lowest BCUT2D eigenvalue weighted by Crippen LogP contribution is -2.18. The van der Waals surface area contributed by atoms with Gasteiger partial charge in [0.1, 0.15) is 0 Å². The van der Waals surface area contributed by atoms with Crippen molar-refractivity contribution in [2.45, 2.75) is 0 Å². The van der Waals surface area contributed by atoms with E-state index in [1.165, 1.54) is 6.20 Å². The van der Waals surface area contributed by atoms with Crippen LogP contribution in [-0.2, 0) is 0 Å². The molecule has 0 spiro atoms. The summed E-state index contributed by atoms with van der Waals surface area (Å²) in [4.78, 5) is 12.0. The Labute approximate surface area is 81.6 Å². The second kappa shape index (κ2) is 3.14. The minimum absolute atomic E-state index is 0.117. The van der Waals surface area contributed by atoms with Crippen LogP contribution in [0.5, 0.6) is 0 Å². The number of fused-ring (bicyclic) bond motifs is 1. The first kappa shape index (κ1) is 8.74. The normalized spacial score (nSPS) is 14.6. The summed E-state index contributed by atoms with van der Waals surface area (Å²) in [6.45, 7) is 0. The van der Waals surface area contributed by atoms with Gasteiger partial charge in [0.15, 0.2) is 0 Å². The zero-order chi connectivity index (χ0) is 10.1. The third kappa shape index (κ3) is 1.35. The summed E-state index contributed by atoms with van der Waals surface area (Å²) >= 11 is 0. The van der Waals surface area contributed by atoms with Crippen LogP contribution in [0.1, 0.15) is 5.56 Å². The van der Waals surface area contributed by atoms with Crippen LogP contribution in [0.2, 0.25) is 0 Å². The Balaban J connectivity index is 2.42. The molecular formula is C10H9N2O2. The van der Waals surface area contributed by atoms with Gasteiger partial charge in [-0.1, -0.05) is 18.2 Å². The van der Waals surface area contributed by atoms with Crippen molar-refractivity contribution < 1.29 is 4.92 Å². The van der Waals surface area contributed by atoms with E-state index >= 15 is 0 Å². The van der Waals surface area contributed by atoms with Crippen LogP contribution in [-0.4, -0.2) is 12.0 Å². The summed E-state index contributed by atoms with van der Waals surface area (Å²) in [5.74, 6) is 0. The molecule has 0 bridgehead atoms. The summed E-state index contributed by atoms with van der Waals surface area (Å²) < 4.78 is 0. The molecule has 0 saturated carbocycles. The molecule has 0 amide bonds. The number of para-hydroxylation sites is 1. The molecule has 4 heteroatoms. The summed E-state index contributed by atoms with van der Waals surface area (Å²) in [6.07, 6.45) is 3.09. The first-order chi connectivity index (χ1) is 6.68. The number of hydrogen-bond donors (Lipinski definition) is 0. The Morgan fingerprint density at radius 3 is 2.79 bits per heavy atom. The van der Waals surface area contributed by atoms with E-state index in [-0.39, 0.29) is 10.6 Å². The van der Waals surface area contributed by atoms with Crippen molar-refractivity contribution in [1.82, 2.24) is 0 Å². The molecule has 4 nitrogen and oxygen atoms in total. The Kier molecular flexibility index (Phi) is 1.96. The standard InChI is InChI=1S/C10H9N2O2/c1-11-7-9(12(13)14)6-8-4-2-3-5-10(8)11/h2-7H,1H3. The number of benzene rings is 1. The maximum Gasteiger partial charge on any atom is 0.270 e. The second-order valence-electron chi connectivity index (χ2n) is 3.13. The molecule has 14 heavy (non-hydrogen) atoms. The lowest BCUT2D eigenvalue weighted by molar-refractivity contribution is -0.421. The van der Waals surface area contributed by atoms with Crippen molar-refractivity contribution in [2.24, 2.45) is 0 Å². The van der Waals surface area contributed by atoms with Crippen LogP contribution in [0.3, 0.4) is 0 Å². The van der Waals surface area contributed by atoms with Gasteiger partial charge in [-0.2, -0.15) is 0 Å². The van der Waals surface area contributed by atoms with Crippen LogP contribution in [0.15, 0.2) is 36.2 Å². The van der Waals surface area contributed by atoms with Crippen molar-refractivity contribution in [3.05, 3.63) is 58.3 Å². The Bertz CT molecular complexity index is 412. The average Bonchev–Trinajstić information content (AvgIpc) is 2.17. The molecule has 0 N–H and O–H groups in total. The molecule has 0 aromatic heterocycles. The highest BCUT2D eigenvalue weighted by Gasteiger charge is 2.21. The fraction of sp³-hybridized carbons (Fsp3) is 0.100. The summed E-state index contributed by atoms with van der Waals surface area (Å²) in [7, 11) is 1.80. The van der Waals surface area contributed by atoms with Gasteiger partial charge in [-0.3, -0.25) is 10.1 Å². The fourth-order valence-electron chi connectivity index (χ4n) is 1.50. The van der Waals surface area contributed by atoms with E-state index in [0.29, 0.717) is 0 Å². The Hall–Kier alpha value is -1.84. The maximum atomic E-state index is 10.6. The highest BCUT2D eigenvalue weighted by Crippen LogP contribution is 2.28. The van der Waals surface area contributed by atoms with Gasteiger partial charge in [-0.15, -0.1) is 0 Å². The highest BCUT2D eigenvalue weighted by molar-refractivity contribution is 5.63. The molecule has 1 aromatic rings. The minimum Gasteiger partial charge on any atom is -0.345 e. The van der Waals surface area contributed by atoms with Gasteiger partial charge in [-0.25, -0.2) is 0 Å². The molecular weight excluding hydrogens is 180 g/mol. The van der Waals surface area contributed by atoms with Crippen molar-refractivity contribution in [2.75, 3.05) is 11.9 Å². The van der Waals surface area contributed by atoms with Gasteiger partial charge in [0.2, 0.25) is 0 Å². The smallest absolute Gasteiger partial charge is 0.270 e. The Morgan fingerprint density at radius 2 is 2.07 bits per heavy atom. The van der Waals surface area contributed by atoms with Crippen molar-refractivity contribution in [3.63, 3.8) is 0 Å². The van der Waals surface area contributed by atoms with E-state index in [4.69, 9.17) is 0 Å². The van der Waals surface area contributed by atoms with E-state index in [9.17, 15) is 10.1 Å². The SMILES string of the molecule is CN1C=C([N+](=O)[O-])[CH]c2ccccc21. The van der Waals surface area contributed by atoms with Gasteiger partial charge in [0.25, 0.3) is 5.70 Å². The molecule has 2 rings (SSSR count). The predicted octanol–water partition coefficient (Wildman–Crippen LogP) is 1.81. The summed E-state index contributed by atoms with van der Waals surface area (Å²) in [5.41, 5.74) is 1.98. The quantitative estimate of drug-likeness (QED) is 0.500. The molecule has 0 atom stereocenters. The predicted molar refractivity (Wildman–Crippen MR) is 53.3 cm³/mol. The van der Waals surface area contributed by atoms with Crippen molar-refractivity contribution in [1.29, 1.82) is 0 Å². The first-order valence-corrected chi connectivity index (χ1v) is 4.21. The van der Waals surface area contributed by atoms with Gasteiger partial charge < -0.3 is 4.90 Å². The third-order valence-electron chi connectivity index (χ3n) is 2.16. The van der Waals surface area contributed by atoms with E-state index in [2.05, 4.69) is 0 Å². The summed E-state index contributed by atoms with van der Waals surface area (Å²) in [5, 5.41) is 10.6. The highest BCUT2D eigenvalue weighted by atomic mass is 16.6. The lowest BCUT2D eigenvalue weighted by atomic mass is 10.0. The number of allylic oxidation sites excluding steroid dienone is 1. The van der Waals surface area contributed by atoms with Gasteiger partial charge in [0, 0.05) is 12.7 Å². The van der Waals surface area contributed by atoms with E-state index in [0.717, 1.165) is 11.3 Å². The number of nitrogens with zero attached hydrogens (tertiary/aromatic N) is 2. The monoisotopic (exact) mass is 189 g/mol. The van der Waals surface area contributed by atoms with Gasteiger partial charge >= 0.3 is 0 Å². The van der Waals surface area contributed by atoms with E-state index < -0.39 is 0 Å². The van der Waals surface area contributed by atoms with Crippen LogP contribution in [0.4, 0.5) is 5.69 Å². The van der Waals surface area contributed by atoms with Crippen molar-refractivity contribution in [3.8, 4) is 0 Å². The van der Waals surface area contributed by atoms with Gasteiger partial charge in [0.05, 0.1) is 17.5 Å². The fourth-order valence-corrected chi connectivity index (χ4v) is 1.50. The van der Waals surface area contributed by atoms with Crippen LogP contribution >= 0.6 is 0 Å². The molecule has 0 fully saturated rings. The first-order valence-electron chi connectivity index (χ1n) is 4.21. The molecule has 1 heterocycles. The minimum atomic E-state index is -0.383. The molecule has 1 aliphatic rings. The van der Waals surface area contributed by atoms with Crippen molar-refractivity contribution >= 4 is 5.69 Å². The third-order valence-corrected chi connectivity index (χ3v) is 2.16. The Morgan fingerprint density at radius 1 is 1.36 bits per heavy atom. The second-order valence-corrected chi connectivity index (χ2v) is 3.13. The lowest BCUT2D eigenvalue weighted by Gasteiger charge is -2.21. The zero-order valence-corrected chi connectivity index (χ0v) is 7.68. The topological polar surface area (TPSA) is 46.4 Å². The molecule has 0 saturated heterocycles. The van der Waals surface area contributed by atoms with Crippen LogP contribution in [0.25, 0.3) is 0 Å². The molecule has 71 valence electrons. The van der Waals surface area contributed by atoms with E-state index in [1.54, 1.807) is 18.4 Å². The van der Waals surface area contributed by atoms with Crippen LogP contribution in [0, 0.1) is 16.5 Å². The number of anilines is 1. The molecule has 0 aliphatic carbocycles. The zero-order valence-electron chi connectivity index (χ0n) is 7.68. The number of hydrogen-bond acceptors (Lipinski definition) is 3. The molecule has 1 aromatic carbocycles. The molecule has 1 radical (unpaired) electrons. The average molecular weight is 189 g/mol. The van der Waals surface area contributed by atoms with E-state index in [1.807, 2.05) is 24.3 Å². The number of rotatable bonds is 1. The van der Waals surface area contributed by atoms with Gasteiger partial charge in [-0.05, 0) is 11.6 Å². The van der Waals surface area contributed by atoms with Crippen LogP contribution < -0.4 is 4.90 Å². The number of nitro groups is 1. The largest absolute Gasteiger partial charge is 0.345 e. The summed E-state index contributed by atoms with van der Waals surface area (Å²) in [6, 6.07) is 7.57.